The van der Waals surface area contributed by atoms with Gasteiger partial charge in [-0.3, -0.25) is 4.79 Å². The molecule has 1 unspecified atom stereocenters. The number of nitrogens with zero attached hydrogens (tertiary/aromatic N) is 1. The van der Waals surface area contributed by atoms with Crippen LogP contribution in [-0.2, 0) is 16.0 Å². The molecule has 0 aliphatic carbocycles. The topological polar surface area (TPSA) is 29.5 Å². The second kappa shape index (κ2) is 7.39. The molecule has 1 atom stereocenters. The van der Waals surface area contributed by atoms with Crippen LogP contribution in [0, 0.1) is 6.92 Å². The summed E-state index contributed by atoms with van der Waals surface area (Å²) in [6.45, 7) is 2.98. The number of alkyl halides is 1. The van der Waals surface area contributed by atoms with Crippen LogP contribution in [0.5, 0.6) is 0 Å². The van der Waals surface area contributed by atoms with E-state index >= 15 is 0 Å². The van der Waals surface area contributed by atoms with Crippen molar-refractivity contribution < 1.29 is 9.53 Å². The van der Waals surface area contributed by atoms with Gasteiger partial charge in [0.25, 0.3) is 0 Å². The maximum absolute atomic E-state index is 12.0. The van der Waals surface area contributed by atoms with E-state index in [0.717, 1.165) is 5.56 Å². The smallest absolute Gasteiger partial charge is 0.226 e. The van der Waals surface area contributed by atoms with E-state index in [0.29, 0.717) is 19.6 Å². The first kappa shape index (κ1) is 15.0. The summed E-state index contributed by atoms with van der Waals surface area (Å²) < 4.78 is 4.95. The van der Waals surface area contributed by atoms with Gasteiger partial charge in [0.1, 0.15) is 0 Å². The number of halogens is 1. The molecule has 0 heterocycles. The SMILES string of the molecule is COCC(Cl)CN(C)C(=O)Cc1ccc(C)cc1. The Balaban J connectivity index is 2.46. The predicted octanol–water partition coefficient (Wildman–Crippen LogP) is 2.25. The van der Waals surface area contributed by atoms with E-state index in [2.05, 4.69) is 0 Å². The summed E-state index contributed by atoms with van der Waals surface area (Å²) in [5.41, 5.74) is 2.22. The van der Waals surface area contributed by atoms with Crippen LogP contribution in [0.15, 0.2) is 24.3 Å². The summed E-state index contributed by atoms with van der Waals surface area (Å²) in [6.07, 6.45) is 0.410. The van der Waals surface area contributed by atoms with Crippen LogP contribution in [-0.4, -0.2) is 43.5 Å². The molecule has 3 nitrogen and oxygen atoms in total. The molecular weight excluding hydrogens is 250 g/mol. The van der Waals surface area contributed by atoms with Crippen LogP contribution in [0.25, 0.3) is 0 Å². The van der Waals surface area contributed by atoms with Gasteiger partial charge in [-0.05, 0) is 12.5 Å². The summed E-state index contributed by atoms with van der Waals surface area (Å²) in [6, 6.07) is 7.98. The third-order valence-corrected chi connectivity index (χ3v) is 2.99. The van der Waals surface area contributed by atoms with Crippen LogP contribution >= 0.6 is 11.6 Å². The van der Waals surface area contributed by atoms with E-state index in [1.54, 1.807) is 19.1 Å². The van der Waals surface area contributed by atoms with Crippen molar-refractivity contribution in [1.29, 1.82) is 0 Å². The minimum atomic E-state index is -0.165. The molecule has 0 bridgehead atoms. The largest absolute Gasteiger partial charge is 0.383 e. The van der Waals surface area contributed by atoms with Gasteiger partial charge >= 0.3 is 0 Å². The number of ether oxygens (including phenoxy) is 1. The Kier molecular flexibility index (Phi) is 6.16. The van der Waals surface area contributed by atoms with E-state index in [-0.39, 0.29) is 11.3 Å². The van der Waals surface area contributed by atoms with Gasteiger partial charge in [0, 0.05) is 20.7 Å². The highest BCUT2D eigenvalue weighted by molar-refractivity contribution is 6.21. The highest BCUT2D eigenvalue weighted by Crippen LogP contribution is 2.06. The standard InChI is InChI=1S/C14H20ClNO2/c1-11-4-6-12(7-5-11)8-14(17)16(2)9-13(15)10-18-3/h4-7,13H,8-10H2,1-3H3. The average Bonchev–Trinajstić information content (AvgIpc) is 2.32. The third-order valence-electron chi connectivity index (χ3n) is 2.72. The van der Waals surface area contributed by atoms with Gasteiger partial charge in [0.05, 0.1) is 18.4 Å². The van der Waals surface area contributed by atoms with Crippen molar-refractivity contribution in [3.05, 3.63) is 35.4 Å². The highest BCUT2D eigenvalue weighted by Gasteiger charge is 2.14. The molecule has 0 saturated carbocycles. The quantitative estimate of drug-likeness (QED) is 0.742. The Hall–Kier alpha value is -1.06. The lowest BCUT2D eigenvalue weighted by atomic mass is 10.1. The molecule has 0 spiro atoms. The second-order valence-corrected chi connectivity index (χ2v) is 5.11. The van der Waals surface area contributed by atoms with Gasteiger partial charge in [0.2, 0.25) is 5.91 Å². The fourth-order valence-electron chi connectivity index (χ4n) is 1.65. The molecule has 1 aromatic rings. The summed E-state index contributed by atoms with van der Waals surface area (Å²) in [5.74, 6) is 0.0700. The van der Waals surface area contributed by atoms with E-state index in [4.69, 9.17) is 16.3 Å². The monoisotopic (exact) mass is 269 g/mol. The molecule has 0 saturated heterocycles. The number of carbonyl (C=O) groups excluding carboxylic acids is 1. The lowest BCUT2D eigenvalue weighted by Gasteiger charge is -2.20. The zero-order chi connectivity index (χ0) is 13.5. The van der Waals surface area contributed by atoms with Crippen molar-refractivity contribution in [3.8, 4) is 0 Å². The Morgan fingerprint density at radius 1 is 1.39 bits per heavy atom. The number of methoxy groups -OCH3 is 1. The van der Waals surface area contributed by atoms with Crippen LogP contribution < -0.4 is 0 Å². The lowest BCUT2D eigenvalue weighted by molar-refractivity contribution is -0.129. The van der Waals surface area contributed by atoms with Gasteiger partial charge in [-0.25, -0.2) is 0 Å². The summed E-state index contributed by atoms with van der Waals surface area (Å²) >= 11 is 6.02. The van der Waals surface area contributed by atoms with Crippen LogP contribution in [0.1, 0.15) is 11.1 Å². The van der Waals surface area contributed by atoms with E-state index < -0.39 is 0 Å². The van der Waals surface area contributed by atoms with Gasteiger partial charge in [-0.1, -0.05) is 29.8 Å². The first-order chi connectivity index (χ1) is 8.52. The van der Waals surface area contributed by atoms with Gasteiger partial charge in [-0.15, -0.1) is 11.6 Å². The number of aryl methyl sites for hydroxylation is 1. The van der Waals surface area contributed by atoms with E-state index in [1.165, 1.54) is 5.56 Å². The highest BCUT2D eigenvalue weighted by atomic mass is 35.5. The lowest BCUT2D eigenvalue weighted by Crippen LogP contribution is -2.34. The van der Waals surface area contributed by atoms with Crippen molar-refractivity contribution in [2.75, 3.05) is 27.3 Å². The summed E-state index contributed by atoms with van der Waals surface area (Å²) in [7, 11) is 3.37. The molecule has 4 heteroatoms. The van der Waals surface area contributed by atoms with Crippen LogP contribution in [0.2, 0.25) is 0 Å². The molecule has 0 radical (unpaired) electrons. The molecule has 1 aromatic carbocycles. The van der Waals surface area contributed by atoms with Gasteiger partial charge in [0.15, 0.2) is 0 Å². The Morgan fingerprint density at radius 3 is 2.56 bits per heavy atom. The zero-order valence-corrected chi connectivity index (χ0v) is 11.9. The second-order valence-electron chi connectivity index (χ2n) is 4.49. The van der Waals surface area contributed by atoms with Crippen molar-refractivity contribution in [2.45, 2.75) is 18.7 Å². The predicted molar refractivity (Wildman–Crippen MR) is 74.0 cm³/mol. The Bertz CT molecular complexity index is 378. The van der Waals surface area contributed by atoms with E-state index in [9.17, 15) is 4.79 Å². The number of hydrogen-bond donors (Lipinski definition) is 0. The molecular formula is C14H20ClNO2. The summed E-state index contributed by atoms with van der Waals surface area (Å²) in [4.78, 5) is 13.6. The van der Waals surface area contributed by atoms with Crippen molar-refractivity contribution >= 4 is 17.5 Å². The minimum Gasteiger partial charge on any atom is -0.383 e. The molecule has 0 N–H and O–H groups in total. The molecule has 1 rings (SSSR count). The first-order valence-corrected chi connectivity index (χ1v) is 6.39. The third kappa shape index (κ3) is 5.07. The van der Waals surface area contributed by atoms with Crippen molar-refractivity contribution in [1.82, 2.24) is 4.90 Å². The van der Waals surface area contributed by atoms with Crippen molar-refractivity contribution in [2.24, 2.45) is 0 Å². The number of amides is 1. The summed E-state index contributed by atoms with van der Waals surface area (Å²) in [5, 5.41) is -0.165. The zero-order valence-electron chi connectivity index (χ0n) is 11.1. The number of rotatable bonds is 6. The van der Waals surface area contributed by atoms with Crippen LogP contribution in [0.4, 0.5) is 0 Å². The molecule has 18 heavy (non-hydrogen) atoms. The normalized spacial score (nSPS) is 12.2. The van der Waals surface area contributed by atoms with Gasteiger partial charge in [-0.2, -0.15) is 0 Å². The molecule has 0 aliphatic heterocycles. The molecule has 0 aliphatic rings. The van der Waals surface area contributed by atoms with E-state index in [1.807, 2.05) is 31.2 Å². The minimum absolute atomic E-state index is 0.0700. The number of benzene rings is 1. The average molecular weight is 270 g/mol. The number of hydrogen-bond acceptors (Lipinski definition) is 2. The fourth-order valence-corrected chi connectivity index (χ4v) is 1.98. The molecule has 100 valence electrons. The maximum Gasteiger partial charge on any atom is 0.226 e. The Labute approximate surface area is 114 Å². The fraction of sp³-hybridized carbons (Fsp3) is 0.500. The molecule has 0 aromatic heterocycles. The number of likely N-dealkylation sites (N-methyl/N-ethyl adjacent to an activating group) is 1. The Morgan fingerprint density at radius 2 is 2.00 bits per heavy atom. The van der Waals surface area contributed by atoms with Gasteiger partial charge < -0.3 is 9.64 Å². The first-order valence-electron chi connectivity index (χ1n) is 5.95. The molecule has 0 fully saturated rings. The van der Waals surface area contributed by atoms with Crippen LogP contribution in [0.3, 0.4) is 0 Å². The van der Waals surface area contributed by atoms with Crippen molar-refractivity contribution in [3.63, 3.8) is 0 Å². The maximum atomic E-state index is 12.0. The molecule has 1 amide bonds. The number of carbonyl (C=O) groups is 1.